The molecule has 1 aromatic carbocycles. The standard InChI is InChI=1S/C26H33N3O/c1-20-10-5-6-14-23(20)26(30)28-25(24-15-7-8-16-27-24)22-13-9-17-29(19-22)18-21-11-3-2-4-12-21/h2-3,5-8,10,14-16,21-22,25H,4,9,11-13,17-19H2,1H3,(H,28,30)/t21-,22+,25+/m1/s1. The molecule has 4 nitrogen and oxygen atoms in total. The highest BCUT2D eigenvalue weighted by molar-refractivity contribution is 5.95. The van der Waals surface area contributed by atoms with Crippen LogP contribution in [0.1, 0.15) is 59.8 Å². The van der Waals surface area contributed by atoms with E-state index in [1.165, 1.54) is 32.2 Å². The van der Waals surface area contributed by atoms with E-state index in [0.717, 1.165) is 42.2 Å². The monoisotopic (exact) mass is 403 g/mol. The summed E-state index contributed by atoms with van der Waals surface area (Å²) in [5, 5.41) is 3.35. The van der Waals surface area contributed by atoms with Crippen molar-refractivity contribution in [2.24, 2.45) is 11.8 Å². The van der Waals surface area contributed by atoms with Crippen LogP contribution in [-0.4, -0.2) is 35.4 Å². The van der Waals surface area contributed by atoms with Gasteiger partial charge in [-0.2, -0.15) is 0 Å². The Bertz CT molecular complexity index is 864. The van der Waals surface area contributed by atoms with Gasteiger partial charge in [0.15, 0.2) is 0 Å². The second kappa shape index (κ2) is 10.0. The highest BCUT2D eigenvalue weighted by Crippen LogP contribution is 2.31. The molecule has 1 saturated heterocycles. The minimum Gasteiger partial charge on any atom is -0.343 e. The SMILES string of the molecule is Cc1ccccc1C(=O)N[C@H](c1ccccn1)[C@H]1CCCN(C[C@@H]2CC=CCC2)C1. The Hall–Kier alpha value is -2.46. The van der Waals surface area contributed by atoms with Crippen molar-refractivity contribution in [3.8, 4) is 0 Å². The first-order chi connectivity index (χ1) is 14.7. The first kappa shape index (κ1) is 20.8. The first-order valence-electron chi connectivity index (χ1n) is 11.4. The molecule has 2 aromatic rings. The molecule has 2 aliphatic rings. The second-order valence-electron chi connectivity index (χ2n) is 8.83. The van der Waals surface area contributed by atoms with Gasteiger partial charge in [-0.3, -0.25) is 9.78 Å². The number of nitrogens with zero attached hydrogens (tertiary/aromatic N) is 2. The maximum Gasteiger partial charge on any atom is 0.252 e. The molecule has 4 heteroatoms. The fourth-order valence-corrected chi connectivity index (χ4v) is 4.96. The summed E-state index contributed by atoms with van der Waals surface area (Å²) < 4.78 is 0. The number of hydrogen-bond donors (Lipinski definition) is 1. The van der Waals surface area contributed by atoms with E-state index in [4.69, 9.17) is 0 Å². The molecule has 0 radical (unpaired) electrons. The van der Waals surface area contributed by atoms with Crippen LogP contribution in [0.2, 0.25) is 0 Å². The lowest BCUT2D eigenvalue weighted by Gasteiger charge is -2.38. The van der Waals surface area contributed by atoms with Crippen LogP contribution in [0.25, 0.3) is 0 Å². The highest BCUT2D eigenvalue weighted by Gasteiger charge is 2.31. The Morgan fingerprint density at radius 1 is 1.17 bits per heavy atom. The molecule has 3 atom stereocenters. The third-order valence-electron chi connectivity index (χ3n) is 6.59. The zero-order valence-corrected chi connectivity index (χ0v) is 18.0. The number of amides is 1. The van der Waals surface area contributed by atoms with Crippen molar-refractivity contribution in [1.82, 2.24) is 15.2 Å². The van der Waals surface area contributed by atoms with E-state index in [1.807, 2.05) is 55.6 Å². The predicted molar refractivity (Wildman–Crippen MR) is 121 cm³/mol. The number of carbonyl (C=O) groups is 1. The summed E-state index contributed by atoms with van der Waals surface area (Å²) in [5.74, 6) is 1.14. The van der Waals surface area contributed by atoms with Gasteiger partial charge in [-0.05, 0) is 81.2 Å². The van der Waals surface area contributed by atoms with Crippen molar-refractivity contribution < 1.29 is 4.79 Å². The maximum absolute atomic E-state index is 13.1. The summed E-state index contributed by atoms with van der Waals surface area (Å²) in [6.07, 6.45) is 12.5. The normalized spacial score (nSPS) is 23.1. The maximum atomic E-state index is 13.1. The summed E-state index contributed by atoms with van der Waals surface area (Å²) in [5.41, 5.74) is 2.72. The predicted octanol–water partition coefficient (Wildman–Crippen LogP) is 4.93. The van der Waals surface area contributed by atoms with Crippen LogP contribution in [0, 0.1) is 18.8 Å². The van der Waals surface area contributed by atoms with Crippen molar-refractivity contribution in [2.75, 3.05) is 19.6 Å². The molecule has 1 N–H and O–H groups in total. The minimum absolute atomic E-state index is 0.00158. The Balaban J connectivity index is 1.50. The van der Waals surface area contributed by atoms with Gasteiger partial charge in [-0.1, -0.05) is 36.4 Å². The molecule has 158 valence electrons. The van der Waals surface area contributed by atoms with Crippen molar-refractivity contribution in [3.63, 3.8) is 0 Å². The van der Waals surface area contributed by atoms with E-state index in [9.17, 15) is 4.79 Å². The van der Waals surface area contributed by atoms with Gasteiger partial charge in [0.2, 0.25) is 0 Å². The molecule has 0 bridgehead atoms. The van der Waals surface area contributed by atoms with Crippen LogP contribution in [0.3, 0.4) is 0 Å². The van der Waals surface area contributed by atoms with Gasteiger partial charge >= 0.3 is 0 Å². The van der Waals surface area contributed by atoms with Crippen LogP contribution < -0.4 is 5.32 Å². The van der Waals surface area contributed by atoms with E-state index in [-0.39, 0.29) is 11.9 Å². The van der Waals surface area contributed by atoms with Crippen LogP contribution in [0.5, 0.6) is 0 Å². The third-order valence-corrected chi connectivity index (χ3v) is 6.59. The molecule has 1 aliphatic carbocycles. The number of nitrogens with one attached hydrogen (secondary N) is 1. The topological polar surface area (TPSA) is 45.2 Å². The number of aromatic nitrogens is 1. The summed E-state index contributed by atoms with van der Waals surface area (Å²) in [6, 6.07) is 13.7. The van der Waals surface area contributed by atoms with Crippen molar-refractivity contribution in [1.29, 1.82) is 0 Å². The number of rotatable bonds is 6. The molecule has 0 unspecified atom stereocenters. The van der Waals surface area contributed by atoms with Gasteiger partial charge in [0.25, 0.3) is 5.91 Å². The lowest BCUT2D eigenvalue weighted by Crippen LogP contribution is -2.44. The number of hydrogen-bond acceptors (Lipinski definition) is 3. The molecule has 2 heterocycles. The number of pyridine rings is 1. The molecule has 1 aromatic heterocycles. The second-order valence-corrected chi connectivity index (χ2v) is 8.83. The number of likely N-dealkylation sites (tertiary alicyclic amines) is 1. The van der Waals surface area contributed by atoms with Gasteiger partial charge in [0.1, 0.15) is 0 Å². The molecule has 30 heavy (non-hydrogen) atoms. The number of piperidine rings is 1. The van der Waals surface area contributed by atoms with Crippen LogP contribution >= 0.6 is 0 Å². The van der Waals surface area contributed by atoms with E-state index in [2.05, 4.69) is 27.4 Å². The Kier molecular flexibility index (Phi) is 6.96. The van der Waals surface area contributed by atoms with Gasteiger partial charge in [-0.15, -0.1) is 0 Å². The molecule has 1 amide bonds. The van der Waals surface area contributed by atoms with Crippen LogP contribution in [0.15, 0.2) is 60.8 Å². The lowest BCUT2D eigenvalue weighted by molar-refractivity contribution is 0.0863. The Labute approximate surface area is 180 Å². The molecule has 1 aliphatic heterocycles. The van der Waals surface area contributed by atoms with Gasteiger partial charge < -0.3 is 10.2 Å². The summed E-state index contributed by atoms with van der Waals surface area (Å²) in [7, 11) is 0. The Morgan fingerprint density at radius 3 is 2.80 bits per heavy atom. The zero-order valence-electron chi connectivity index (χ0n) is 18.0. The third kappa shape index (κ3) is 5.17. The van der Waals surface area contributed by atoms with Crippen molar-refractivity contribution in [2.45, 2.75) is 45.1 Å². The van der Waals surface area contributed by atoms with E-state index < -0.39 is 0 Å². The van der Waals surface area contributed by atoms with Crippen LogP contribution in [-0.2, 0) is 0 Å². The van der Waals surface area contributed by atoms with Gasteiger partial charge in [-0.25, -0.2) is 0 Å². The number of carbonyl (C=O) groups excluding carboxylic acids is 1. The van der Waals surface area contributed by atoms with E-state index >= 15 is 0 Å². The molecular formula is C26H33N3O. The summed E-state index contributed by atoms with van der Waals surface area (Å²) in [4.78, 5) is 20.4. The summed E-state index contributed by atoms with van der Waals surface area (Å²) in [6.45, 7) is 5.35. The average molecular weight is 404 g/mol. The molecule has 0 saturated carbocycles. The molecular weight excluding hydrogens is 370 g/mol. The Morgan fingerprint density at radius 2 is 2.03 bits per heavy atom. The number of benzene rings is 1. The lowest BCUT2D eigenvalue weighted by atomic mass is 9.86. The molecule has 1 fully saturated rings. The van der Waals surface area contributed by atoms with E-state index in [1.54, 1.807) is 0 Å². The smallest absolute Gasteiger partial charge is 0.252 e. The molecule has 4 rings (SSSR count). The fourth-order valence-electron chi connectivity index (χ4n) is 4.96. The van der Waals surface area contributed by atoms with Gasteiger partial charge in [0.05, 0.1) is 11.7 Å². The van der Waals surface area contributed by atoms with E-state index in [0.29, 0.717) is 5.92 Å². The number of aryl methyl sites for hydroxylation is 1. The molecule has 0 spiro atoms. The summed E-state index contributed by atoms with van der Waals surface area (Å²) >= 11 is 0. The quantitative estimate of drug-likeness (QED) is 0.696. The largest absolute Gasteiger partial charge is 0.343 e. The average Bonchev–Trinajstić information content (AvgIpc) is 2.79. The first-order valence-corrected chi connectivity index (χ1v) is 11.4. The van der Waals surface area contributed by atoms with Gasteiger partial charge in [0, 0.05) is 24.8 Å². The highest BCUT2D eigenvalue weighted by atomic mass is 16.1. The zero-order chi connectivity index (χ0) is 20.8. The van der Waals surface area contributed by atoms with Crippen LogP contribution in [0.4, 0.5) is 0 Å². The fraction of sp³-hybridized carbons (Fsp3) is 0.462. The van der Waals surface area contributed by atoms with Crippen molar-refractivity contribution >= 4 is 5.91 Å². The van der Waals surface area contributed by atoms with Crippen molar-refractivity contribution in [3.05, 3.63) is 77.6 Å². The number of allylic oxidation sites excluding steroid dienone is 2. The minimum atomic E-state index is -0.0626.